The van der Waals surface area contributed by atoms with Crippen molar-refractivity contribution in [2.45, 2.75) is 23.2 Å². The SMILES string of the molecule is CC(NS(=O)(=O)c1ccc(CBr)cc1)c1cccc(Br)c1. The molecule has 2 aromatic rings. The van der Waals surface area contributed by atoms with Gasteiger partial charge in [0, 0.05) is 15.8 Å². The van der Waals surface area contributed by atoms with E-state index in [9.17, 15) is 8.42 Å². The van der Waals surface area contributed by atoms with E-state index in [0.29, 0.717) is 5.33 Å². The summed E-state index contributed by atoms with van der Waals surface area (Å²) in [5, 5.41) is 0.704. The lowest BCUT2D eigenvalue weighted by Crippen LogP contribution is -2.26. The molecule has 2 rings (SSSR count). The predicted octanol–water partition coefficient (Wildman–Crippen LogP) is 4.38. The molecule has 0 aromatic heterocycles. The lowest BCUT2D eigenvalue weighted by atomic mass is 10.1. The molecule has 0 saturated carbocycles. The number of nitrogens with one attached hydrogen (secondary N) is 1. The molecule has 0 heterocycles. The minimum Gasteiger partial charge on any atom is -0.207 e. The fourth-order valence-corrected chi connectivity index (χ4v) is 3.93. The van der Waals surface area contributed by atoms with E-state index in [0.717, 1.165) is 15.6 Å². The first-order chi connectivity index (χ1) is 9.92. The van der Waals surface area contributed by atoms with Gasteiger partial charge in [0.15, 0.2) is 0 Å². The van der Waals surface area contributed by atoms with E-state index < -0.39 is 10.0 Å². The molecule has 1 unspecified atom stereocenters. The second kappa shape index (κ2) is 7.05. The number of sulfonamides is 1. The third kappa shape index (κ3) is 4.39. The average Bonchev–Trinajstić information content (AvgIpc) is 2.47. The molecular weight excluding hydrogens is 418 g/mol. The van der Waals surface area contributed by atoms with Gasteiger partial charge in [-0.2, -0.15) is 0 Å². The summed E-state index contributed by atoms with van der Waals surface area (Å²) in [6.45, 7) is 1.83. The van der Waals surface area contributed by atoms with Crippen molar-refractivity contribution in [1.29, 1.82) is 0 Å². The minimum absolute atomic E-state index is 0.272. The quantitative estimate of drug-likeness (QED) is 0.712. The maximum absolute atomic E-state index is 12.4. The van der Waals surface area contributed by atoms with Crippen LogP contribution in [0.5, 0.6) is 0 Å². The summed E-state index contributed by atoms with van der Waals surface area (Å²) in [6.07, 6.45) is 0. The van der Waals surface area contributed by atoms with Crippen molar-refractivity contribution >= 4 is 41.9 Å². The lowest BCUT2D eigenvalue weighted by Gasteiger charge is -2.15. The van der Waals surface area contributed by atoms with Gasteiger partial charge in [-0.25, -0.2) is 13.1 Å². The van der Waals surface area contributed by atoms with Crippen molar-refractivity contribution in [2.24, 2.45) is 0 Å². The molecule has 0 fully saturated rings. The third-order valence-electron chi connectivity index (χ3n) is 3.07. The van der Waals surface area contributed by atoms with E-state index in [1.165, 1.54) is 0 Å². The molecule has 112 valence electrons. The van der Waals surface area contributed by atoms with E-state index in [2.05, 4.69) is 36.6 Å². The number of hydrogen-bond acceptors (Lipinski definition) is 2. The Morgan fingerprint density at radius 2 is 1.81 bits per heavy atom. The molecule has 0 aliphatic carbocycles. The summed E-state index contributed by atoms with van der Waals surface area (Å²) >= 11 is 6.73. The van der Waals surface area contributed by atoms with Gasteiger partial charge in [-0.3, -0.25) is 0 Å². The van der Waals surface area contributed by atoms with E-state index in [1.54, 1.807) is 24.3 Å². The standard InChI is InChI=1S/C15H15Br2NO2S/c1-11(13-3-2-4-14(17)9-13)18-21(19,20)15-7-5-12(10-16)6-8-15/h2-9,11,18H,10H2,1H3. The lowest BCUT2D eigenvalue weighted by molar-refractivity contribution is 0.567. The minimum atomic E-state index is -3.53. The number of halogens is 2. The number of alkyl halides is 1. The summed E-state index contributed by atoms with van der Waals surface area (Å²) in [5.74, 6) is 0. The normalized spacial score (nSPS) is 13.1. The van der Waals surface area contributed by atoms with Gasteiger partial charge in [-0.1, -0.05) is 56.1 Å². The van der Waals surface area contributed by atoms with Gasteiger partial charge in [0.2, 0.25) is 10.0 Å². The zero-order chi connectivity index (χ0) is 15.5. The molecule has 1 N–H and O–H groups in total. The van der Waals surface area contributed by atoms with E-state index in [1.807, 2.05) is 31.2 Å². The number of hydrogen-bond donors (Lipinski definition) is 1. The van der Waals surface area contributed by atoms with Crippen molar-refractivity contribution in [3.8, 4) is 0 Å². The summed E-state index contributed by atoms with van der Waals surface area (Å²) in [6, 6.07) is 14.1. The molecule has 0 saturated heterocycles. The van der Waals surface area contributed by atoms with Gasteiger partial charge >= 0.3 is 0 Å². The molecule has 0 aliphatic heterocycles. The van der Waals surface area contributed by atoms with Crippen LogP contribution >= 0.6 is 31.9 Å². The average molecular weight is 433 g/mol. The van der Waals surface area contributed by atoms with Gasteiger partial charge in [-0.15, -0.1) is 0 Å². The fourth-order valence-electron chi connectivity index (χ4n) is 1.90. The van der Waals surface area contributed by atoms with Crippen LogP contribution in [-0.4, -0.2) is 8.42 Å². The highest BCUT2D eigenvalue weighted by molar-refractivity contribution is 9.10. The van der Waals surface area contributed by atoms with Crippen LogP contribution in [0, 0.1) is 0 Å². The summed E-state index contributed by atoms with van der Waals surface area (Å²) < 4.78 is 28.3. The highest BCUT2D eigenvalue weighted by Crippen LogP contribution is 2.20. The van der Waals surface area contributed by atoms with Crippen LogP contribution in [0.3, 0.4) is 0 Å². The number of benzene rings is 2. The second-order valence-electron chi connectivity index (χ2n) is 4.68. The Hall–Kier alpha value is -0.690. The van der Waals surface area contributed by atoms with Crippen LogP contribution in [0.4, 0.5) is 0 Å². The largest absolute Gasteiger partial charge is 0.241 e. The molecule has 6 heteroatoms. The molecule has 1 atom stereocenters. The Balaban J connectivity index is 2.20. The van der Waals surface area contributed by atoms with E-state index in [4.69, 9.17) is 0 Å². The molecule has 21 heavy (non-hydrogen) atoms. The maximum atomic E-state index is 12.4. The van der Waals surface area contributed by atoms with Crippen molar-refractivity contribution in [3.63, 3.8) is 0 Å². The third-order valence-corrected chi connectivity index (χ3v) is 5.77. The molecule has 2 aromatic carbocycles. The van der Waals surface area contributed by atoms with Gasteiger partial charge in [0.25, 0.3) is 0 Å². The van der Waals surface area contributed by atoms with Crippen molar-refractivity contribution in [3.05, 3.63) is 64.1 Å². The van der Waals surface area contributed by atoms with E-state index >= 15 is 0 Å². The van der Waals surface area contributed by atoms with Crippen LogP contribution < -0.4 is 4.72 Å². The predicted molar refractivity (Wildman–Crippen MR) is 92.0 cm³/mol. The number of rotatable bonds is 5. The molecule has 3 nitrogen and oxygen atoms in total. The molecule has 0 radical (unpaired) electrons. The highest BCUT2D eigenvalue weighted by atomic mass is 79.9. The highest BCUT2D eigenvalue weighted by Gasteiger charge is 2.18. The monoisotopic (exact) mass is 431 g/mol. The van der Waals surface area contributed by atoms with Crippen molar-refractivity contribution in [2.75, 3.05) is 0 Å². The Morgan fingerprint density at radius 3 is 2.38 bits per heavy atom. The zero-order valence-electron chi connectivity index (χ0n) is 11.4. The second-order valence-corrected chi connectivity index (χ2v) is 7.87. The fraction of sp³-hybridized carbons (Fsp3) is 0.200. The van der Waals surface area contributed by atoms with Gasteiger partial charge in [-0.05, 0) is 42.3 Å². The molecule has 0 spiro atoms. The molecule has 0 bridgehead atoms. The molecule has 0 amide bonds. The van der Waals surface area contributed by atoms with Crippen molar-refractivity contribution in [1.82, 2.24) is 4.72 Å². The smallest absolute Gasteiger partial charge is 0.207 e. The Morgan fingerprint density at radius 1 is 1.14 bits per heavy atom. The summed E-state index contributed by atoms with van der Waals surface area (Å²) in [5.41, 5.74) is 1.94. The first-order valence-corrected chi connectivity index (χ1v) is 9.75. The Kier molecular flexibility index (Phi) is 5.60. The Bertz CT molecular complexity index is 715. The van der Waals surface area contributed by atoms with Crippen LogP contribution in [0.25, 0.3) is 0 Å². The zero-order valence-corrected chi connectivity index (χ0v) is 15.4. The van der Waals surface area contributed by atoms with Gasteiger partial charge in [0.1, 0.15) is 0 Å². The summed E-state index contributed by atoms with van der Waals surface area (Å²) in [4.78, 5) is 0.272. The topological polar surface area (TPSA) is 46.2 Å². The van der Waals surface area contributed by atoms with Crippen LogP contribution in [0.15, 0.2) is 57.9 Å². The van der Waals surface area contributed by atoms with Crippen LogP contribution in [-0.2, 0) is 15.4 Å². The van der Waals surface area contributed by atoms with Gasteiger partial charge in [0.05, 0.1) is 4.90 Å². The molecular formula is C15H15Br2NO2S. The Labute approximate surface area is 142 Å². The van der Waals surface area contributed by atoms with Crippen LogP contribution in [0.1, 0.15) is 24.1 Å². The summed E-state index contributed by atoms with van der Waals surface area (Å²) in [7, 11) is -3.53. The van der Waals surface area contributed by atoms with Gasteiger partial charge < -0.3 is 0 Å². The van der Waals surface area contributed by atoms with E-state index in [-0.39, 0.29) is 10.9 Å². The molecule has 0 aliphatic rings. The first-order valence-electron chi connectivity index (χ1n) is 6.35. The van der Waals surface area contributed by atoms with Crippen LogP contribution in [0.2, 0.25) is 0 Å². The van der Waals surface area contributed by atoms with Crippen molar-refractivity contribution < 1.29 is 8.42 Å². The first kappa shape index (κ1) is 16.7. The maximum Gasteiger partial charge on any atom is 0.241 e.